The van der Waals surface area contributed by atoms with E-state index in [2.05, 4.69) is 25.8 Å². The Labute approximate surface area is 81.9 Å². The van der Waals surface area contributed by atoms with Crippen LogP contribution in [-0.4, -0.2) is 10.7 Å². The molecule has 0 bridgehead atoms. The van der Waals surface area contributed by atoms with Crippen LogP contribution in [0.4, 0.5) is 0 Å². The smallest absolute Gasteiger partial charge is 0.122 e. The van der Waals surface area contributed by atoms with Gasteiger partial charge in [-0.05, 0) is 33.1 Å². The normalized spacial score (nSPS) is 16.4. The average Bonchev–Trinajstić information content (AvgIpc) is 2.05. The van der Waals surface area contributed by atoms with E-state index in [9.17, 15) is 5.11 Å². The molecule has 0 radical (unpaired) electrons. The van der Waals surface area contributed by atoms with Crippen LogP contribution in [0.25, 0.3) is 0 Å². The summed E-state index contributed by atoms with van der Waals surface area (Å²) in [6.07, 6.45) is 11.1. The molecule has 1 unspecified atom stereocenters. The highest BCUT2D eigenvalue weighted by Crippen LogP contribution is 2.13. The lowest BCUT2D eigenvalue weighted by Gasteiger charge is -2.14. The highest BCUT2D eigenvalue weighted by molar-refractivity contribution is 5.06. The maximum absolute atomic E-state index is 9.50. The summed E-state index contributed by atoms with van der Waals surface area (Å²) in [6.45, 7) is 5.96. The first-order valence-electron chi connectivity index (χ1n) is 4.87. The van der Waals surface area contributed by atoms with E-state index < -0.39 is 5.60 Å². The lowest BCUT2D eigenvalue weighted by atomic mass is 10.00. The van der Waals surface area contributed by atoms with Gasteiger partial charge in [-0.2, -0.15) is 0 Å². The molecule has 0 fully saturated rings. The van der Waals surface area contributed by atoms with E-state index in [1.165, 1.54) is 12.0 Å². The van der Waals surface area contributed by atoms with E-state index in [1.807, 2.05) is 0 Å². The molecule has 1 atom stereocenters. The zero-order valence-corrected chi connectivity index (χ0v) is 8.93. The highest BCUT2D eigenvalue weighted by atomic mass is 16.3. The van der Waals surface area contributed by atoms with Gasteiger partial charge in [-0.3, -0.25) is 0 Å². The fraction of sp³-hybridized carbons (Fsp3) is 0.667. The van der Waals surface area contributed by atoms with Crippen molar-refractivity contribution in [2.45, 2.75) is 52.1 Å². The molecule has 0 aliphatic heterocycles. The Balaban J connectivity index is 3.79. The van der Waals surface area contributed by atoms with Crippen LogP contribution in [0.15, 0.2) is 11.6 Å². The molecule has 0 spiro atoms. The Hall–Kier alpha value is -0.740. The number of terminal acetylenes is 1. The van der Waals surface area contributed by atoms with Crippen LogP contribution in [0, 0.1) is 12.3 Å². The molecular formula is C12H20O. The quantitative estimate of drug-likeness (QED) is 0.509. The topological polar surface area (TPSA) is 20.2 Å². The SMILES string of the molecule is C#CC(C)(O)CC/C=C(\C)CCC. The minimum atomic E-state index is -0.941. The monoisotopic (exact) mass is 180 g/mol. The number of aliphatic hydroxyl groups is 1. The molecule has 1 nitrogen and oxygen atoms in total. The molecule has 1 heteroatoms. The molecule has 0 rings (SSSR count). The van der Waals surface area contributed by atoms with E-state index in [0.717, 1.165) is 12.8 Å². The van der Waals surface area contributed by atoms with E-state index in [-0.39, 0.29) is 0 Å². The second-order valence-electron chi connectivity index (χ2n) is 3.76. The summed E-state index contributed by atoms with van der Waals surface area (Å²) in [6, 6.07) is 0. The second kappa shape index (κ2) is 5.83. The van der Waals surface area contributed by atoms with Crippen molar-refractivity contribution >= 4 is 0 Å². The molecule has 0 saturated carbocycles. The van der Waals surface area contributed by atoms with Gasteiger partial charge in [0.05, 0.1) is 0 Å². The first-order valence-corrected chi connectivity index (χ1v) is 4.87. The molecule has 0 saturated heterocycles. The largest absolute Gasteiger partial charge is 0.378 e. The van der Waals surface area contributed by atoms with Crippen LogP contribution in [-0.2, 0) is 0 Å². The van der Waals surface area contributed by atoms with Crippen LogP contribution in [0.1, 0.15) is 46.5 Å². The Morgan fingerprint density at radius 3 is 2.69 bits per heavy atom. The third-order valence-corrected chi connectivity index (χ3v) is 2.08. The number of allylic oxidation sites excluding steroid dienone is 2. The van der Waals surface area contributed by atoms with Gasteiger partial charge in [-0.25, -0.2) is 0 Å². The van der Waals surface area contributed by atoms with Crippen molar-refractivity contribution in [1.29, 1.82) is 0 Å². The summed E-state index contributed by atoms with van der Waals surface area (Å²) in [5.41, 5.74) is 0.443. The van der Waals surface area contributed by atoms with Gasteiger partial charge in [0.25, 0.3) is 0 Å². The fourth-order valence-corrected chi connectivity index (χ4v) is 1.17. The molecule has 1 N–H and O–H groups in total. The average molecular weight is 180 g/mol. The van der Waals surface area contributed by atoms with Crippen molar-refractivity contribution < 1.29 is 5.11 Å². The molecule has 0 aromatic rings. The minimum absolute atomic E-state index is 0.643. The zero-order chi connectivity index (χ0) is 10.3. The van der Waals surface area contributed by atoms with Gasteiger partial charge < -0.3 is 5.11 Å². The molecule has 0 heterocycles. The van der Waals surface area contributed by atoms with Gasteiger partial charge in [-0.1, -0.05) is 30.9 Å². The molecule has 0 aromatic heterocycles. The van der Waals surface area contributed by atoms with Gasteiger partial charge in [0.2, 0.25) is 0 Å². The van der Waals surface area contributed by atoms with Crippen LogP contribution in [0.5, 0.6) is 0 Å². The van der Waals surface area contributed by atoms with E-state index in [0.29, 0.717) is 6.42 Å². The number of hydrogen-bond donors (Lipinski definition) is 1. The van der Waals surface area contributed by atoms with Gasteiger partial charge in [-0.15, -0.1) is 6.42 Å². The summed E-state index contributed by atoms with van der Waals surface area (Å²) in [5, 5.41) is 9.50. The highest BCUT2D eigenvalue weighted by Gasteiger charge is 2.14. The number of hydrogen-bond acceptors (Lipinski definition) is 1. The Bertz CT molecular complexity index is 206. The molecule has 0 aromatic carbocycles. The van der Waals surface area contributed by atoms with Gasteiger partial charge in [0.15, 0.2) is 0 Å². The van der Waals surface area contributed by atoms with Crippen molar-refractivity contribution in [3.05, 3.63) is 11.6 Å². The minimum Gasteiger partial charge on any atom is -0.378 e. The van der Waals surface area contributed by atoms with Crippen LogP contribution < -0.4 is 0 Å². The van der Waals surface area contributed by atoms with Crippen molar-refractivity contribution in [2.75, 3.05) is 0 Å². The van der Waals surface area contributed by atoms with Crippen molar-refractivity contribution in [2.24, 2.45) is 0 Å². The third-order valence-electron chi connectivity index (χ3n) is 2.08. The van der Waals surface area contributed by atoms with Crippen molar-refractivity contribution in [3.8, 4) is 12.3 Å². The van der Waals surface area contributed by atoms with Crippen LogP contribution in [0.2, 0.25) is 0 Å². The third kappa shape index (κ3) is 6.42. The van der Waals surface area contributed by atoms with Gasteiger partial charge in [0, 0.05) is 0 Å². The van der Waals surface area contributed by atoms with Crippen molar-refractivity contribution in [1.82, 2.24) is 0 Å². The van der Waals surface area contributed by atoms with Gasteiger partial charge in [0.1, 0.15) is 5.60 Å². The van der Waals surface area contributed by atoms with E-state index in [4.69, 9.17) is 6.42 Å². The van der Waals surface area contributed by atoms with Crippen molar-refractivity contribution in [3.63, 3.8) is 0 Å². The zero-order valence-electron chi connectivity index (χ0n) is 8.93. The molecule has 0 aliphatic carbocycles. The lowest BCUT2D eigenvalue weighted by Crippen LogP contribution is -2.20. The van der Waals surface area contributed by atoms with E-state index >= 15 is 0 Å². The maximum atomic E-state index is 9.50. The predicted octanol–water partition coefficient (Wildman–Crippen LogP) is 2.90. The Kier molecular flexibility index (Phi) is 5.50. The first-order chi connectivity index (χ1) is 6.02. The van der Waals surface area contributed by atoms with Gasteiger partial charge >= 0.3 is 0 Å². The standard InChI is InChI=1S/C12H20O/c1-5-8-11(3)9-7-10-12(4,13)6-2/h2,9,13H,5,7-8,10H2,1,3-4H3/b11-9+. The van der Waals surface area contributed by atoms with Crippen LogP contribution in [0.3, 0.4) is 0 Å². The van der Waals surface area contributed by atoms with Crippen LogP contribution >= 0.6 is 0 Å². The summed E-state index contributed by atoms with van der Waals surface area (Å²) in [4.78, 5) is 0. The van der Waals surface area contributed by atoms with E-state index in [1.54, 1.807) is 6.92 Å². The lowest BCUT2D eigenvalue weighted by molar-refractivity contribution is 0.113. The Morgan fingerprint density at radius 1 is 1.62 bits per heavy atom. The predicted molar refractivity (Wildman–Crippen MR) is 57.4 cm³/mol. The second-order valence-corrected chi connectivity index (χ2v) is 3.76. The molecular weight excluding hydrogens is 160 g/mol. The maximum Gasteiger partial charge on any atom is 0.122 e. The summed E-state index contributed by atoms with van der Waals surface area (Å²) < 4.78 is 0. The molecule has 0 amide bonds. The number of rotatable bonds is 5. The fourth-order valence-electron chi connectivity index (χ4n) is 1.17. The molecule has 0 aliphatic rings. The summed E-state index contributed by atoms with van der Waals surface area (Å²) in [7, 11) is 0. The molecule has 13 heavy (non-hydrogen) atoms. The Morgan fingerprint density at radius 2 is 2.23 bits per heavy atom. The summed E-state index contributed by atoms with van der Waals surface area (Å²) >= 11 is 0. The first kappa shape index (κ1) is 12.3. The molecule has 74 valence electrons. The summed E-state index contributed by atoms with van der Waals surface area (Å²) in [5.74, 6) is 2.37.